The smallest absolute Gasteiger partial charge is 0.159 e. The summed E-state index contributed by atoms with van der Waals surface area (Å²) in [7, 11) is 0. The van der Waals surface area contributed by atoms with Crippen molar-refractivity contribution in [2.45, 2.75) is 52.6 Å². The van der Waals surface area contributed by atoms with Crippen LogP contribution in [0.4, 0.5) is 0 Å². The van der Waals surface area contributed by atoms with Crippen molar-refractivity contribution < 1.29 is 4.74 Å². The van der Waals surface area contributed by atoms with Crippen molar-refractivity contribution in [2.24, 2.45) is 0 Å². The van der Waals surface area contributed by atoms with E-state index in [9.17, 15) is 0 Å². The Bertz CT molecular complexity index is 561. The number of aromatic nitrogens is 4. The van der Waals surface area contributed by atoms with Gasteiger partial charge in [0, 0.05) is 19.7 Å². The molecule has 6 heteroatoms. The van der Waals surface area contributed by atoms with Gasteiger partial charge < -0.3 is 9.30 Å². The summed E-state index contributed by atoms with van der Waals surface area (Å²) in [6.45, 7) is 9.33. The maximum atomic E-state index is 6.02. The zero-order valence-corrected chi connectivity index (χ0v) is 13.3. The monoisotopic (exact) mass is 298 g/mol. The first-order chi connectivity index (χ1) is 9.72. The van der Waals surface area contributed by atoms with E-state index in [0.29, 0.717) is 12.5 Å². The zero-order valence-electron chi connectivity index (χ0n) is 12.5. The Kier molecular flexibility index (Phi) is 5.43. The molecule has 0 aliphatic carbocycles. The van der Waals surface area contributed by atoms with Gasteiger partial charge in [-0.05, 0) is 20.3 Å². The van der Waals surface area contributed by atoms with Crippen molar-refractivity contribution in [3.63, 3.8) is 0 Å². The molecular formula is C14H23ClN4O. The fourth-order valence-electron chi connectivity index (χ4n) is 2.33. The molecule has 0 spiro atoms. The number of fused-ring (bicyclic) bond motifs is 1. The molecule has 0 atom stereocenters. The number of rotatable bonds is 8. The van der Waals surface area contributed by atoms with Gasteiger partial charge in [-0.15, -0.1) is 11.6 Å². The predicted octanol–water partition coefficient (Wildman–Crippen LogP) is 3.12. The summed E-state index contributed by atoms with van der Waals surface area (Å²) < 4.78 is 9.78. The third-order valence-electron chi connectivity index (χ3n) is 3.40. The number of hydrogen-bond acceptors (Lipinski definition) is 3. The standard InChI is InChI=1S/C14H23ClN4O/c1-4-6-8-20-9-7-18-12(10-15)16-13-11(3)17-19(5-2)14(13)18/h4-10H2,1-3H3. The number of alkyl halides is 1. The van der Waals surface area contributed by atoms with Gasteiger partial charge in [0.2, 0.25) is 0 Å². The average molecular weight is 299 g/mol. The molecule has 20 heavy (non-hydrogen) atoms. The molecular weight excluding hydrogens is 276 g/mol. The van der Waals surface area contributed by atoms with Gasteiger partial charge in [-0.25, -0.2) is 9.67 Å². The van der Waals surface area contributed by atoms with Crippen LogP contribution in [0.3, 0.4) is 0 Å². The number of aryl methyl sites for hydroxylation is 2. The molecule has 2 aromatic heterocycles. The van der Waals surface area contributed by atoms with Crippen molar-refractivity contribution in [2.75, 3.05) is 13.2 Å². The summed E-state index contributed by atoms with van der Waals surface area (Å²) in [5.74, 6) is 1.30. The van der Waals surface area contributed by atoms with Crippen molar-refractivity contribution in [1.82, 2.24) is 19.3 Å². The third-order valence-corrected chi connectivity index (χ3v) is 3.64. The molecule has 0 aliphatic rings. The average Bonchev–Trinajstić information content (AvgIpc) is 2.97. The van der Waals surface area contributed by atoms with E-state index in [1.807, 2.05) is 11.6 Å². The van der Waals surface area contributed by atoms with E-state index >= 15 is 0 Å². The van der Waals surface area contributed by atoms with E-state index in [4.69, 9.17) is 16.3 Å². The van der Waals surface area contributed by atoms with Crippen molar-refractivity contribution in [3.05, 3.63) is 11.5 Å². The molecule has 2 aromatic rings. The molecule has 5 nitrogen and oxygen atoms in total. The van der Waals surface area contributed by atoms with E-state index in [1.54, 1.807) is 0 Å². The Morgan fingerprint density at radius 2 is 2.05 bits per heavy atom. The maximum absolute atomic E-state index is 6.02. The maximum Gasteiger partial charge on any atom is 0.159 e. The van der Waals surface area contributed by atoms with Gasteiger partial charge in [0.05, 0.1) is 18.2 Å². The van der Waals surface area contributed by atoms with Crippen LogP contribution < -0.4 is 0 Å². The van der Waals surface area contributed by atoms with E-state index in [2.05, 4.69) is 28.5 Å². The van der Waals surface area contributed by atoms with E-state index in [-0.39, 0.29) is 0 Å². The van der Waals surface area contributed by atoms with E-state index < -0.39 is 0 Å². The van der Waals surface area contributed by atoms with Gasteiger partial charge >= 0.3 is 0 Å². The summed E-state index contributed by atoms with van der Waals surface area (Å²) in [5.41, 5.74) is 2.97. The highest BCUT2D eigenvalue weighted by Gasteiger charge is 2.17. The minimum Gasteiger partial charge on any atom is -0.380 e. The number of unbranched alkanes of at least 4 members (excludes halogenated alkanes) is 1. The molecule has 2 heterocycles. The molecule has 0 saturated carbocycles. The molecule has 0 unspecified atom stereocenters. The lowest BCUT2D eigenvalue weighted by Gasteiger charge is -2.09. The summed E-state index contributed by atoms with van der Waals surface area (Å²) in [6, 6.07) is 0. The Hall–Kier alpha value is -1.07. The second-order valence-corrected chi connectivity index (χ2v) is 5.12. The lowest BCUT2D eigenvalue weighted by molar-refractivity contribution is 0.123. The molecule has 0 saturated heterocycles. The second kappa shape index (κ2) is 7.09. The van der Waals surface area contributed by atoms with Gasteiger partial charge in [-0.3, -0.25) is 0 Å². The minimum absolute atomic E-state index is 0.410. The Labute approximate surface area is 124 Å². The van der Waals surface area contributed by atoms with Crippen LogP contribution in [0, 0.1) is 6.92 Å². The fraction of sp³-hybridized carbons (Fsp3) is 0.714. The lowest BCUT2D eigenvalue weighted by atomic mass is 10.4. The van der Waals surface area contributed by atoms with E-state index in [1.165, 1.54) is 0 Å². The quantitative estimate of drug-likeness (QED) is 0.555. The first-order valence-corrected chi connectivity index (χ1v) is 7.82. The molecule has 0 bridgehead atoms. The van der Waals surface area contributed by atoms with Crippen molar-refractivity contribution in [1.29, 1.82) is 0 Å². The van der Waals surface area contributed by atoms with E-state index in [0.717, 1.165) is 55.2 Å². The summed E-state index contributed by atoms with van der Waals surface area (Å²) >= 11 is 6.02. The molecule has 0 radical (unpaired) electrons. The van der Waals surface area contributed by atoms with Crippen LogP contribution in [0.15, 0.2) is 0 Å². The summed E-state index contributed by atoms with van der Waals surface area (Å²) in [6.07, 6.45) is 2.26. The van der Waals surface area contributed by atoms with Crippen LogP contribution >= 0.6 is 11.6 Å². The van der Waals surface area contributed by atoms with Crippen molar-refractivity contribution in [3.8, 4) is 0 Å². The highest BCUT2D eigenvalue weighted by atomic mass is 35.5. The van der Waals surface area contributed by atoms with Gasteiger partial charge in [0.1, 0.15) is 11.3 Å². The highest BCUT2D eigenvalue weighted by molar-refractivity contribution is 6.16. The summed E-state index contributed by atoms with van der Waals surface area (Å²) in [4.78, 5) is 4.61. The first kappa shape index (κ1) is 15.3. The topological polar surface area (TPSA) is 44.9 Å². The number of nitrogens with zero attached hydrogens (tertiary/aromatic N) is 4. The normalized spacial score (nSPS) is 11.6. The lowest BCUT2D eigenvalue weighted by Crippen LogP contribution is -2.12. The molecule has 0 amide bonds. The zero-order chi connectivity index (χ0) is 14.5. The van der Waals surface area contributed by atoms with Gasteiger partial charge in [0.25, 0.3) is 0 Å². The fourth-order valence-corrected chi connectivity index (χ4v) is 2.54. The number of hydrogen-bond donors (Lipinski definition) is 0. The van der Waals surface area contributed by atoms with Gasteiger partial charge in [-0.1, -0.05) is 13.3 Å². The van der Waals surface area contributed by atoms with Gasteiger partial charge in [-0.2, -0.15) is 5.10 Å². The first-order valence-electron chi connectivity index (χ1n) is 7.29. The van der Waals surface area contributed by atoms with Crippen LogP contribution in [-0.4, -0.2) is 32.5 Å². The number of imidazole rings is 1. The third kappa shape index (κ3) is 2.99. The minimum atomic E-state index is 0.410. The highest BCUT2D eigenvalue weighted by Crippen LogP contribution is 2.20. The largest absolute Gasteiger partial charge is 0.380 e. The second-order valence-electron chi connectivity index (χ2n) is 4.85. The van der Waals surface area contributed by atoms with Crippen LogP contribution in [-0.2, 0) is 23.7 Å². The molecule has 0 aliphatic heterocycles. The molecule has 0 aromatic carbocycles. The number of ether oxygens (including phenoxy) is 1. The molecule has 2 rings (SSSR count). The van der Waals surface area contributed by atoms with Crippen LogP contribution in [0.5, 0.6) is 0 Å². The van der Waals surface area contributed by atoms with Crippen LogP contribution in [0.25, 0.3) is 11.2 Å². The van der Waals surface area contributed by atoms with Crippen LogP contribution in [0.2, 0.25) is 0 Å². The molecule has 0 fully saturated rings. The predicted molar refractivity (Wildman–Crippen MR) is 81.2 cm³/mol. The SMILES string of the molecule is CCCCOCCn1c(CCl)nc2c(C)nn(CC)c21. The molecule has 0 N–H and O–H groups in total. The molecule has 112 valence electrons. The van der Waals surface area contributed by atoms with Crippen LogP contribution in [0.1, 0.15) is 38.2 Å². The Morgan fingerprint density at radius 1 is 1.25 bits per heavy atom. The number of halogens is 1. The Morgan fingerprint density at radius 3 is 2.70 bits per heavy atom. The van der Waals surface area contributed by atoms with Crippen molar-refractivity contribution >= 4 is 22.8 Å². The summed E-state index contributed by atoms with van der Waals surface area (Å²) in [5, 5.41) is 4.51. The Balaban J connectivity index is 2.20. The van der Waals surface area contributed by atoms with Gasteiger partial charge in [0.15, 0.2) is 5.65 Å².